The van der Waals surface area contributed by atoms with Gasteiger partial charge >= 0.3 is 0 Å². The van der Waals surface area contributed by atoms with E-state index in [0.717, 1.165) is 12.5 Å². The van der Waals surface area contributed by atoms with Gasteiger partial charge < -0.3 is 4.90 Å². The average Bonchev–Trinajstić information content (AvgIpc) is 2.51. The van der Waals surface area contributed by atoms with E-state index < -0.39 is 0 Å². The zero-order chi connectivity index (χ0) is 13.6. The zero-order valence-corrected chi connectivity index (χ0v) is 12.2. The second kappa shape index (κ2) is 7.00. The van der Waals surface area contributed by atoms with E-state index in [2.05, 4.69) is 39.1 Å². The first-order chi connectivity index (χ1) is 9.90. The molecule has 20 heavy (non-hydrogen) atoms. The van der Waals surface area contributed by atoms with Crippen LogP contribution in [-0.2, 0) is 6.54 Å². The van der Waals surface area contributed by atoms with Crippen LogP contribution in [0.5, 0.6) is 0 Å². The molecule has 1 aromatic rings. The first-order valence-corrected chi connectivity index (χ1v) is 7.90. The topological polar surface area (TPSA) is 19.4 Å². The number of hydrogen-bond acceptors (Lipinski definition) is 3. The van der Waals surface area contributed by atoms with Gasteiger partial charge in [0.05, 0.1) is 5.69 Å². The molecule has 1 unspecified atom stereocenters. The summed E-state index contributed by atoms with van der Waals surface area (Å²) in [6, 6.07) is 6.19. The number of piperazine rings is 1. The molecular formula is C17H25N3. The molecule has 1 aromatic heterocycles. The Balaban J connectivity index is 1.41. The fraction of sp³-hybridized carbons (Fsp3) is 0.588. The monoisotopic (exact) mass is 271 g/mol. The van der Waals surface area contributed by atoms with E-state index in [1.165, 1.54) is 57.7 Å². The number of pyridine rings is 1. The largest absolute Gasteiger partial charge is 0.301 e. The van der Waals surface area contributed by atoms with Crippen LogP contribution in [0.4, 0.5) is 0 Å². The maximum absolute atomic E-state index is 4.42. The maximum atomic E-state index is 4.42. The highest BCUT2D eigenvalue weighted by molar-refractivity contribution is 5.03. The number of aromatic nitrogens is 1. The third kappa shape index (κ3) is 3.90. The summed E-state index contributed by atoms with van der Waals surface area (Å²) in [4.78, 5) is 9.60. The molecule has 3 rings (SSSR count). The van der Waals surface area contributed by atoms with E-state index in [0.29, 0.717) is 0 Å². The highest BCUT2D eigenvalue weighted by atomic mass is 15.3. The van der Waals surface area contributed by atoms with E-state index in [-0.39, 0.29) is 0 Å². The predicted molar refractivity (Wildman–Crippen MR) is 82.4 cm³/mol. The van der Waals surface area contributed by atoms with Crippen molar-refractivity contribution in [3.05, 3.63) is 42.2 Å². The third-order valence-corrected chi connectivity index (χ3v) is 4.47. The summed E-state index contributed by atoms with van der Waals surface area (Å²) < 4.78 is 0. The van der Waals surface area contributed by atoms with Crippen LogP contribution < -0.4 is 0 Å². The molecule has 0 bridgehead atoms. The molecule has 108 valence electrons. The molecule has 0 saturated carbocycles. The van der Waals surface area contributed by atoms with Gasteiger partial charge in [-0.25, -0.2) is 0 Å². The van der Waals surface area contributed by atoms with Crippen molar-refractivity contribution in [3.8, 4) is 0 Å². The molecular weight excluding hydrogens is 246 g/mol. The van der Waals surface area contributed by atoms with E-state index in [9.17, 15) is 0 Å². The molecule has 1 fully saturated rings. The van der Waals surface area contributed by atoms with Crippen LogP contribution in [0.25, 0.3) is 0 Å². The van der Waals surface area contributed by atoms with Crippen LogP contribution in [0.15, 0.2) is 36.5 Å². The molecule has 0 aromatic carbocycles. The van der Waals surface area contributed by atoms with Crippen molar-refractivity contribution in [1.29, 1.82) is 0 Å². The lowest BCUT2D eigenvalue weighted by molar-refractivity contribution is 0.110. The summed E-state index contributed by atoms with van der Waals surface area (Å²) in [6.07, 6.45) is 10.5. The van der Waals surface area contributed by atoms with Gasteiger partial charge in [0.15, 0.2) is 0 Å². The van der Waals surface area contributed by atoms with Gasteiger partial charge in [-0.15, -0.1) is 0 Å². The average molecular weight is 271 g/mol. The van der Waals surface area contributed by atoms with Crippen LogP contribution in [0.3, 0.4) is 0 Å². The summed E-state index contributed by atoms with van der Waals surface area (Å²) in [5.74, 6) is 0.891. The molecule has 2 aliphatic rings. The van der Waals surface area contributed by atoms with E-state index in [1.807, 2.05) is 12.3 Å². The van der Waals surface area contributed by atoms with Gasteiger partial charge in [-0.2, -0.15) is 0 Å². The van der Waals surface area contributed by atoms with Crippen LogP contribution in [0.1, 0.15) is 25.0 Å². The highest BCUT2D eigenvalue weighted by Crippen LogP contribution is 2.20. The van der Waals surface area contributed by atoms with Gasteiger partial charge in [-0.1, -0.05) is 18.2 Å². The fourth-order valence-electron chi connectivity index (χ4n) is 3.24. The minimum absolute atomic E-state index is 0.891. The Bertz CT molecular complexity index is 421. The lowest BCUT2D eigenvalue weighted by atomic mass is 9.94. The second-order valence-electron chi connectivity index (χ2n) is 6.05. The Morgan fingerprint density at radius 2 is 1.90 bits per heavy atom. The molecule has 2 heterocycles. The lowest BCUT2D eigenvalue weighted by Crippen LogP contribution is -2.47. The van der Waals surface area contributed by atoms with Crippen molar-refractivity contribution < 1.29 is 0 Å². The van der Waals surface area contributed by atoms with Crippen molar-refractivity contribution in [1.82, 2.24) is 14.8 Å². The summed E-state index contributed by atoms with van der Waals surface area (Å²) in [7, 11) is 0. The normalized spacial score (nSPS) is 24.9. The van der Waals surface area contributed by atoms with Gasteiger partial charge in [0.2, 0.25) is 0 Å². The molecule has 0 amide bonds. The van der Waals surface area contributed by atoms with E-state index in [1.54, 1.807) is 0 Å². The number of nitrogens with zero attached hydrogens (tertiary/aromatic N) is 3. The molecule has 3 heteroatoms. The van der Waals surface area contributed by atoms with Crippen LogP contribution in [0, 0.1) is 5.92 Å². The summed E-state index contributed by atoms with van der Waals surface area (Å²) in [5.41, 5.74) is 1.19. The first kappa shape index (κ1) is 13.8. The molecule has 0 radical (unpaired) electrons. The van der Waals surface area contributed by atoms with Gasteiger partial charge in [0.25, 0.3) is 0 Å². The van der Waals surface area contributed by atoms with Crippen molar-refractivity contribution in [2.24, 2.45) is 5.92 Å². The van der Waals surface area contributed by atoms with Crippen molar-refractivity contribution in [3.63, 3.8) is 0 Å². The van der Waals surface area contributed by atoms with E-state index in [4.69, 9.17) is 0 Å². The van der Waals surface area contributed by atoms with Crippen LogP contribution in [-0.4, -0.2) is 47.5 Å². The summed E-state index contributed by atoms with van der Waals surface area (Å²) in [5, 5.41) is 0. The number of allylic oxidation sites excluding steroid dienone is 2. The molecule has 1 aliphatic heterocycles. The van der Waals surface area contributed by atoms with Gasteiger partial charge in [-0.3, -0.25) is 9.88 Å². The van der Waals surface area contributed by atoms with Crippen LogP contribution >= 0.6 is 0 Å². The Morgan fingerprint density at radius 3 is 2.60 bits per heavy atom. The van der Waals surface area contributed by atoms with Crippen molar-refractivity contribution >= 4 is 0 Å². The Hall–Kier alpha value is -1.19. The lowest BCUT2D eigenvalue weighted by Gasteiger charge is -2.36. The Morgan fingerprint density at radius 1 is 1.05 bits per heavy atom. The highest BCUT2D eigenvalue weighted by Gasteiger charge is 2.20. The summed E-state index contributed by atoms with van der Waals surface area (Å²) >= 11 is 0. The standard InChI is InChI=1S/C17H25N3/c1-2-6-16(7-3-1)14-19-10-12-20(13-11-19)15-17-8-4-5-9-18-17/h1-2,4-5,8-9,16H,3,6-7,10-15H2. The SMILES string of the molecule is C1=CCC(CN2CCN(Cc3ccccn3)CC2)CC1. The molecule has 3 nitrogen and oxygen atoms in total. The third-order valence-electron chi connectivity index (χ3n) is 4.47. The quantitative estimate of drug-likeness (QED) is 0.785. The van der Waals surface area contributed by atoms with Gasteiger partial charge in [0.1, 0.15) is 0 Å². The first-order valence-electron chi connectivity index (χ1n) is 7.90. The van der Waals surface area contributed by atoms with Crippen molar-refractivity contribution in [2.75, 3.05) is 32.7 Å². The molecule has 0 N–H and O–H groups in total. The van der Waals surface area contributed by atoms with E-state index >= 15 is 0 Å². The molecule has 1 aliphatic carbocycles. The Labute approximate surface area is 122 Å². The minimum Gasteiger partial charge on any atom is -0.301 e. The van der Waals surface area contributed by atoms with Gasteiger partial charge in [0, 0.05) is 45.5 Å². The van der Waals surface area contributed by atoms with Crippen LogP contribution in [0.2, 0.25) is 0 Å². The maximum Gasteiger partial charge on any atom is 0.0543 e. The summed E-state index contributed by atoms with van der Waals surface area (Å²) in [6.45, 7) is 7.08. The zero-order valence-electron chi connectivity index (χ0n) is 12.2. The van der Waals surface area contributed by atoms with Gasteiger partial charge in [-0.05, 0) is 37.3 Å². The smallest absolute Gasteiger partial charge is 0.0543 e. The minimum atomic E-state index is 0.891. The number of rotatable bonds is 4. The molecule has 0 spiro atoms. The predicted octanol–water partition coefficient (Wildman–Crippen LogP) is 2.56. The molecule has 1 saturated heterocycles. The van der Waals surface area contributed by atoms with Crippen molar-refractivity contribution in [2.45, 2.75) is 25.8 Å². The molecule has 1 atom stereocenters. The Kier molecular flexibility index (Phi) is 4.82. The fourth-order valence-corrected chi connectivity index (χ4v) is 3.24. The number of hydrogen-bond donors (Lipinski definition) is 0. The second-order valence-corrected chi connectivity index (χ2v) is 6.05.